The van der Waals surface area contributed by atoms with Crippen molar-refractivity contribution >= 4 is 15.9 Å². The van der Waals surface area contributed by atoms with Gasteiger partial charge in [0.15, 0.2) is 0 Å². The van der Waals surface area contributed by atoms with Crippen LogP contribution in [0.15, 0.2) is 0 Å². The van der Waals surface area contributed by atoms with Crippen molar-refractivity contribution in [3.05, 3.63) is 0 Å². The Morgan fingerprint density at radius 3 is 2.45 bits per heavy atom. The molecule has 68 valence electrons. The Balaban J connectivity index is 3.23. The van der Waals surface area contributed by atoms with Gasteiger partial charge in [0.1, 0.15) is 0 Å². The molecular weight excluding hydrogens is 206 g/mol. The molecule has 0 radical (unpaired) electrons. The third-order valence-electron chi connectivity index (χ3n) is 1.73. The highest BCUT2D eigenvalue weighted by Gasteiger charge is 2.14. The van der Waals surface area contributed by atoms with E-state index >= 15 is 0 Å². The van der Waals surface area contributed by atoms with Crippen molar-refractivity contribution in [1.29, 1.82) is 0 Å². The molecule has 0 unspecified atom stereocenters. The summed E-state index contributed by atoms with van der Waals surface area (Å²) in [5.74, 6) is 0. The fraction of sp³-hybridized carbons (Fsp3) is 1.00. The molecule has 3 heteroatoms. The van der Waals surface area contributed by atoms with Crippen LogP contribution in [0.2, 0.25) is 0 Å². The minimum Gasteiger partial charge on any atom is -0.379 e. The van der Waals surface area contributed by atoms with Crippen molar-refractivity contribution < 1.29 is 4.74 Å². The first kappa shape index (κ1) is 11.4. The van der Waals surface area contributed by atoms with Crippen molar-refractivity contribution in [2.75, 3.05) is 25.5 Å². The van der Waals surface area contributed by atoms with Crippen molar-refractivity contribution in [2.45, 2.75) is 25.9 Å². The van der Waals surface area contributed by atoms with E-state index < -0.39 is 0 Å². The second kappa shape index (κ2) is 5.98. The van der Waals surface area contributed by atoms with Gasteiger partial charge in [-0.3, -0.25) is 0 Å². The maximum atomic E-state index is 5.27. The smallest absolute Gasteiger partial charge is 0.0634 e. The lowest BCUT2D eigenvalue weighted by Gasteiger charge is -2.22. The van der Waals surface area contributed by atoms with Crippen molar-refractivity contribution in [1.82, 2.24) is 5.32 Å². The zero-order valence-electron chi connectivity index (χ0n) is 7.61. The predicted octanol–water partition coefficient (Wildman–Crippen LogP) is 1.79. The fourth-order valence-electron chi connectivity index (χ4n) is 0.683. The summed E-state index contributed by atoms with van der Waals surface area (Å²) in [6, 6.07) is 0. The van der Waals surface area contributed by atoms with Crippen LogP contribution < -0.4 is 5.32 Å². The molecule has 0 heterocycles. The van der Waals surface area contributed by atoms with Crippen molar-refractivity contribution in [3.8, 4) is 0 Å². The van der Waals surface area contributed by atoms with Crippen LogP contribution in [0.1, 0.15) is 20.3 Å². The van der Waals surface area contributed by atoms with E-state index in [1.807, 2.05) is 0 Å². The average molecular weight is 224 g/mol. The van der Waals surface area contributed by atoms with Gasteiger partial charge in [0.25, 0.3) is 0 Å². The van der Waals surface area contributed by atoms with Crippen LogP contribution >= 0.6 is 15.9 Å². The van der Waals surface area contributed by atoms with Gasteiger partial charge in [-0.15, -0.1) is 0 Å². The van der Waals surface area contributed by atoms with Gasteiger partial charge in [-0.2, -0.15) is 0 Å². The first-order chi connectivity index (χ1) is 5.12. The van der Waals surface area contributed by atoms with Crippen LogP contribution in [0.25, 0.3) is 0 Å². The highest BCUT2D eigenvalue weighted by molar-refractivity contribution is 9.09. The number of methoxy groups -OCH3 is 1. The van der Waals surface area contributed by atoms with E-state index in [0.29, 0.717) is 0 Å². The second-order valence-corrected chi connectivity index (χ2v) is 3.95. The van der Waals surface area contributed by atoms with Crippen LogP contribution in [-0.4, -0.2) is 31.1 Å². The molecule has 1 N–H and O–H groups in total. The molecule has 0 saturated heterocycles. The largest absolute Gasteiger partial charge is 0.379 e. The molecular formula is C8H18BrNO. The molecule has 0 aromatic rings. The highest BCUT2D eigenvalue weighted by Crippen LogP contribution is 2.10. The van der Waals surface area contributed by atoms with Gasteiger partial charge in [-0.25, -0.2) is 0 Å². The van der Waals surface area contributed by atoms with Gasteiger partial charge in [0, 0.05) is 19.0 Å². The zero-order chi connectivity index (χ0) is 8.74. The summed E-state index contributed by atoms with van der Waals surface area (Å²) in [7, 11) is 1.75. The number of halogens is 1. The van der Waals surface area contributed by atoms with E-state index in [0.717, 1.165) is 24.8 Å². The van der Waals surface area contributed by atoms with E-state index in [4.69, 9.17) is 4.74 Å². The van der Waals surface area contributed by atoms with Gasteiger partial charge in [0.05, 0.1) is 5.60 Å². The van der Waals surface area contributed by atoms with E-state index in [-0.39, 0.29) is 5.60 Å². The lowest BCUT2D eigenvalue weighted by atomic mass is 10.1. The summed E-state index contributed by atoms with van der Waals surface area (Å²) in [6.45, 7) is 6.25. The van der Waals surface area contributed by atoms with Crippen LogP contribution in [0.4, 0.5) is 0 Å². The maximum absolute atomic E-state index is 5.27. The monoisotopic (exact) mass is 223 g/mol. The van der Waals surface area contributed by atoms with Gasteiger partial charge in [0.2, 0.25) is 0 Å². The molecule has 0 aromatic heterocycles. The number of hydrogen-bond donors (Lipinski definition) is 1. The third kappa shape index (κ3) is 6.78. The minimum atomic E-state index is 0.0132. The molecule has 0 amide bonds. The van der Waals surface area contributed by atoms with Crippen molar-refractivity contribution in [3.63, 3.8) is 0 Å². The summed E-state index contributed by atoms with van der Waals surface area (Å²) in [4.78, 5) is 0. The van der Waals surface area contributed by atoms with Gasteiger partial charge >= 0.3 is 0 Å². The normalized spacial score (nSPS) is 12.0. The maximum Gasteiger partial charge on any atom is 0.0634 e. The van der Waals surface area contributed by atoms with Gasteiger partial charge in [-0.05, 0) is 26.8 Å². The average Bonchev–Trinajstić information content (AvgIpc) is 1.99. The minimum absolute atomic E-state index is 0.0132. The Morgan fingerprint density at radius 1 is 1.36 bits per heavy atom. The topological polar surface area (TPSA) is 21.3 Å². The Morgan fingerprint density at radius 2 is 2.00 bits per heavy atom. The lowest BCUT2D eigenvalue weighted by Crippen LogP contribution is -2.29. The van der Waals surface area contributed by atoms with Gasteiger partial charge in [-0.1, -0.05) is 15.9 Å². The first-order valence-corrected chi connectivity index (χ1v) is 5.06. The predicted molar refractivity (Wildman–Crippen MR) is 52.4 cm³/mol. The van der Waals surface area contributed by atoms with E-state index in [1.54, 1.807) is 7.11 Å². The van der Waals surface area contributed by atoms with E-state index in [2.05, 4.69) is 35.1 Å². The number of nitrogens with one attached hydrogen (secondary N) is 1. The Hall–Kier alpha value is 0.400. The van der Waals surface area contributed by atoms with Crippen LogP contribution in [0, 0.1) is 0 Å². The Kier molecular flexibility index (Phi) is 6.19. The second-order valence-electron chi connectivity index (χ2n) is 3.15. The molecule has 0 fully saturated rings. The van der Waals surface area contributed by atoms with Gasteiger partial charge < -0.3 is 10.1 Å². The molecule has 0 aliphatic carbocycles. The Bertz CT molecular complexity index is 96.1. The summed E-state index contributed by atoms with van der Waals surface area (Å²) in [5.41, 5.74) is 0.0132. The molecule has 0 atom stereocenters. The SMILES string of the molecule is COC(C)(C)CCNCCBr. The highest BCUT2D eigenvalue weighted by atomic mass is 79.9. The molecule has 0 saturated carbocycles. The van der Waals surface area contributed by atoms with Crippen LogP contribution in [-0.2, 0) is 4.74 Å². The molecule has 11 heavy (non-hydrogen) atoms. The molecule has 2 nitrogen and oxygen atoms in total. The number of rotatable bonds is 6. The molecule has 0 bridgehead atoms. The number of alkyl halides is 1. The van der Waals surface area contributed by atoms with Crippen molar-refractivity contribution in [2.24, 2.45) is 0 Å². The number of ether oxygens (including phenoxy) is 1. The summed E-state index contributed by atoms with van der Waals surface area (Å²) in [6.07, 6.45) is 1.05. The molecule has 0 aromatic carbocycles. The van der Waals surface area contributed by atoms with E-state index in [9.17, 15) is 0 Å². The fourth-order valence-corrected chi connectivity index (χ4v) is 0.964. The summed E-state index contributed by atoms with van der Waals surface area (Å²) >= 11 is 3.35. The molecule has 0 aliphatic rings. The number of hydrogen-bond acceptors (Lipinski definition) is 2. The zero-order valence-corrected chi connectivity index (χ0v) is 9.20. The van der Waals surface area contributed by atoms with Crippen LogP contribution in [0.3, 0.4) is 0 Å². The lowest BCUT2D eigenvalue weighted by molar-refractivity contribution is 0.0160. The summed E-state index contributed by atoms with van der Waals surface area (Å²) in [5, 5.41) is 4.31. The quantitative estimate of drug-likeness (QED) is 0.548. The Labute approximate surface area is 77.8 Å². The molecule has 0 spiro atoms. The van der Waals surface area contributed by atoms with Crippen LogP contribution in [0.5, 0.6) is 0 Å². The molecule has 0 rings (SSSR count). The standard InChI is InChI=1S/C8H18BrNO/c1-8(2,11-3)4-6-10-7-5-9/h10H,4-7H2,1-3H3. The summed E-state index contributed by atoms with van der Waals surface area (Å²) < 4.78 is 5.27. The molecule has 0 aliphatic heterocycles. The van der Waals surface area contributed by atoms with E-state index in [1.165, 1.54) is 0 Å². The first-order valence-electron chi connectivity index (χ1n) is 3.94. The third-order valence-corrected chi connectivity index (χ3v) is 2.12.